The molecule has 138 valence electrons. The molecule has 4 aromatic rings. The van der Waals surface area contributed by atoms with Gasteiger partial charge in [-0.05, 0) is 48.7 Å². The predicted octanol–water partition coefficient (Wildman–Crippen LogP) is 4.92. The van der Waals surface area contributed by atoms with Crippen LogP contribution in [0.4, 0.5) is 0 Å². The Bertz CT molecular complexity index is 1130. The van der Waals surface area contributed by atoms with Crippen molar-refractivity contribution in [2.45, 2.75) is 26.4 Å². The highest BCUT2D eigenvalue weighted by Gasteiger charge is 2.22. The molecule has 3 aromatic carbocycles. The minimum atomic E-state index is 0.575. The first-order chi connectivity index (χ1) is 13.8. The molecule has 0 bridgehead atoms. The van der Waals surface area contributed by atoms with Gasteiger partial charge in [0.05, 0.1) is 5.69 Å². The highest BCUT2D eigenvalue weighted by Crippen LogP contribution is 2.32. The van der Waals surface area contributed by atoms with Crippen molar-refractivity contribution in [3.05, 3.63) is 95.3 Å². The average molecular weight is 367 g/mol. The second-order valence-electron chi connectivity index (χ2n) is 7.21. The van der Waals surface area contributed by atoms with Crippen LogP contribution in [0.2, 0.25) is 0 Å². The van der Waals surface area contributed by atoms with E-state index in [9.17, 15) is 0 Å². The number of ether oxygens (including phenoxy) is 1. The summed E-state index contributed by atoms with van der Waals surface area (Å²) in [6.07, 6.45) is 1.83. The number of hydrogen-bond donors (Lipinski definition) is 0. The van der Waals surface area contributed by atoms with E-state index in [-0.39, 0.29) is 0 Å². The summed E-state index contributed by atoms with van der Waals surface area (Å²) in [7, 11) is 0. The van der Waals surface area contributed by atoms with E-state index in [0.717, 1.165) is 41.5 Å². The number of rotatable bonds is 4. The molecule has 0 amide bonds. The van der Waals surface area contributed by atoms with Gasteiger partial charge in [0.25, 0.3) is 0 Å². The lowest BCUT2D eigenvalue weighted by Crippen LogP contribution is -2.13. The Kier molecular flexibility index (Phi) is 4.17. The largest absolute Gasteiger partial charge is 0.489 e. The zero-order chi connectivity index (χ0) is 18.9. The van der Waals surface area contributed by atoms with E-state index in [1.807, 2.05) is 24.3 Å². The third-order valence-corrected chi connectivity index (χ3v) is 5.16. The lowest BCUT2D eigenvalue weighted by molar-refractivity contribution is 0.306. The van der Waals surface area contributed by atoms with Crippen molar-refractivity contribution in [1.82, 2.24) is 14.8 Å². The SMILES string of the molecule is Cc1cccc(-c2nnc3n2-c2ccc(OCc4ccccc4)cc2CC3)c1. The highest BCUT2D eigenvalue weighted by molar-refractivity contribution is 5.62. The fourth-order valence-corrected chi connectivity index (χ4v) is 3.76. The summed E-state index contributed by atoms with van der Waals surface area (Å²) in [5.41, 5.74) is 5.90. The van der Waals surface area contributed by atoms with Gasteiger partial charge in [-0.2, -0.15) is 0 Å². The molecule has 0 aliphatic carbocycles. The van der Waals surface area contributed by atoms with Crippen LogP contribution in [0.3, 0.4) is 0 Å². The van der Waals surface area contributed by atoms with E-state index in [0.29, 0.717) is 6.61 Å². The molecule has 2 heterocycles. The Hall–Kier alpha value is -3.40. The first-order valence-corrected chi connectivity index (χ1v) is 9.59. The van der Waals surface area contributed by atoms with Crippen LogP contribution in [-0.2, 0) is 19.4 Å². The predicted molar refractivity (Wildman–Crippen MR) is 110 cm³/mol. The van der Waals surface area contributed by atoms with Crippen molar-refractivity contribution in [1.29, 1.82) is 0 Å². The van der Waals surface area contributed by atoms with Gasteiger partial charge in [-0.1, -0.05) is 54.1 Å². The zero-order valence-electron chi connectivity index (χ0n) is 15.8. The molecule has 0 atom stereocenters. The molecular weight excluding hydrogens is 346 g/mol. The minimum absolute atomic E-state index is 0.575. The number of fused-ring (bicyclic) bond motifs is 3. The summed E-state index contributed by atoms with van der Waals surface area (Å²) in [6, 6.07) is 25.0. The Balaban J connectivity index is 1.47. The normalized spacial score (nSPS) is 12.3. The Morgan fingerprint density at radius 2 is 1.79 bits per heavy atom. The van der Waals surface area contributed by atoms with Crippen molar-refractivity contribution in [2.24, 2.45) is 0 Å². The van der Waals surface area contributed by atoms with Crippen molar-refractivity contribution in [3.63, 3.8) is 0 Å². The van der Waals surface area contributed by atoms with Crippen LogP contribution in [0.15, 0.2) is 72.8 Å². The smallest absolute Gasteiger partial charge is 0.168 e. The van der Waals surface area contributed by atoms with Crippen LogP contribution in [0.5, 0.6) is 5.75 Å². The lowest BCUT2D eigenvalue weighted by atomic mass is 10.0. The number of aromatic nitrogens is 3. The molecule has 28 heavy (non-hydrogen) atoms. The van der Waals surface area contributed by atoms with Crippen molar-refractivity contribution >= 4 is 0 Å². The molecule has 0 N–H and O–H groups in total. The van der Waals surface area contributed by atoms with Crippen molar-refractivity contribution in [3.8, 4) is 22.8 Å². The number of hydrogen-bond acceptors (Lipinski definition) is 3. The molecular formula is C24H21N3O. The number of aryl methyl sites for hydroxylation is 3. The summed E-state index contributed by atoms with van der Waals surface area (Å²) in [5, 5.41) is 8.93. The van der Waals surface area contributed by atoms with Crippen LogP contribution >= 0.6 is 0 Å². The van der Waals surface area contributed by atoms with Crippen LogP contribution in [0.25, 0.3) is 17.1 Å². The maximum Gasteiger partial charge on any atom is 0.168 e. The van der Waals surface area contributed by atoms with Crippen molar-refractivity contribution in [2.75, 3.05) is 0 Å². The van der Waals surface area contributed by atoms with Gasteiger partial charge in [-0.25, -0.2) is 0 Å². The monoisotopic (exact) mass is 367 g/mol. The van der Waals surface area contributed by atoms with E-state index in [4.69, 9.17) is 4.74 Å². The summed E-state index contributed by atoms with van der Waals surface area (Å²) >= 11 is 0. The van der Waals surface area contributed by atoms with Gasteiger partial charge in [-0.15, -0.1) is 10.2 Å². The molecule has 5 rings (SSSR count). The van der Waals surface area contributed by atoms with Gasteiger partial charge in [0.2, 0.25) is 0 Å². The van der Waals surface area contributed by atoms with Crippen LogP contribution < -0.4 is 4.74 Å². The number of nitrogens with zero attached hydrogens (tertiary/aromatic N) is 3. The maximum atomic E-state index is 6.02. The third kappa shape index (κ3) is 3.07. The molecule has 0 spiro atoms. The van der Waals surface area contributed by atoms with E-state index in [1.54, 1.807) is 0 Å². The molecule has 1 aromatic heterocycles. The highest BCUT2D eigenvalue weighted by atomic mass is 16.5. The van der Waals surface area contributed by atoms with E-state index >= 15 is 0 Å². The summed E-state index contributed by atoms with van der Waals surface area (Å²) in [4.78, 5) is 0. The lowest BCUT2D eigenvalue weighted by Gasteiger charge is -2.20. The minimum Gasteiger partial charge on any atom is -0.489 e. The Labute approximate surface area is 164 Å². The first-order valence-electron chi connectivity index (χ1n) is 9.59. The van der Waals surface area contributed by atoms with Crippen LogP contribution in [0.1, 0.15) is 22.5 Å². The molecule has 4 nitrogen and oxygen atoms in total. The summed E-state index contributed by atoms with van der Waals surface area (Å²) < 4.78 is 8.21. The molecule has 0 radical (unpaired) electrons. The average Bonchev–Trinajstić information content (AvgIpc) is 3.17. The Morgan fingerprint density at radius 1 is 0.893 bits per heavy atom. The Morgan fingerprint density at radius 3 is 2.64 bits per heavy atom. The van der Waals surface area contributed by atoms with Crippen LogP contribution in [-0.4, -0.2) is 14.8 Å². The molecule has 1 aliphatic rings. The fourth-order valence-electron chi connectivity index (χ4n) is 3.76. The van der Waals surface area contributed by atoms with E-state index in [1.165, 1.54) is 16.7 Å². The quantitative estimate of drug-likeness (QED) is 0.514. The van der Waals surface area contributed by atoms with Gasteiger partial charge < -0.3 is 4.74 Å². The first kappa shape index (κ1) is 16.8. The van der Waals surface area contributed by atoms with Gasteiger partial charge in [-0.3, -0.25) is 4.57 Å². The second kappa shape index (κ2) is 6.97. The van der Waals surface area contributed by atoms with Crippen molar-refractivity contribution < 1.29 is 4.74 Å². The summed E-state index contributed by atoms with van der Waals surface area (Å²) in [5.74, 6) is 2.82. The third-order valence-electron chi connectivity index (χ3n) is 5.16. The maximum absolute atomic E-state index is 6.02. The van der Waals surface area contributed by atoms with Gasteiger partial charge in [0, 0.05) is 12.0 Å². The molecule has 0 saturated carbocycles. The summed E-state index contributed by atoms with van der Waals surface area (Å²) in [6.45, 7) is 2.67. The van der Waals surface area contributed by atoms with E-state index in [2.05, 4.69) is 70.2 Å². The van der Waals surface area contributed by atoms with Gasteiger partial charge in [0.15, 0.2) is 5.82 Å². The zero-order valence-corrected chi connectivity index (χ0v) is 15.8. The second-order valence-corrected chi connectivity index (χ2v) is 7.21. The van der Waals surface area contributed by atoms with Crippen LogP contribution in [0, 0.1) is 6.92 Å². The molecule has 0 unspecified atom stereocenters. The molecule has 0 saturated heterocycles. The molecule has 1 aliphatic heterocycles. The molecule has 4 heteroatoms. The van der Waals surface area contributed by atoms with Gasteiger partial charge >= 0.3 is 0 Å². The van der Waals surface area contributed by atoms with E-state index < -0.39 is 0 Å². The topological polar surface area (TPSA) is 39.9 Å². The molecule has 0 fully saturated rings. The number of benzene rings is 3. The standard InChI is InChI=1S/C24H21N3O/c1-17-6-5-9-20(14-17)24-26-25-23-13-10-19-15-21(11-12-22(19)27(23)24)28-16-18-7-3-2-4-8-18/h2-9,11-12,14-15H,10,13,16H2,1H3. The van der Waals surface area contributed by atoms with Gasteiger partial charge in [0.1, 0.15) is 18.2 Å². The fraction of sp³-hybridized carbons (Fsp3) is 0.167.